The van der Waals surface area contributed by atoms with E-state index in [2.05, 4.69) is 50.8 Å². The Morgan fingerprint density at radius 3 is 2.32 bits per heavy atom. The number of benzene rings is 1. The topological polar surface area (TPSA) is 17.1 Å². The van der Waals surface area contributed by atoms with E-state index in [4.69, 9.17) is 0 Å². The van der Waals surface area contributed by atoms with E-state index in [1.165, 1.54) is 16.9 Å². The maximum Gasteiger partial charge on any atom is 0.134 e. The number of aryl methyl sites for hydroxylation is 1. The molecule has 1 aliphatic rings. The first-order valence-electron chi connectivity index (χ1n) is 7.09. The van der Waals surface area contributed by atoms with E-state index in [0.717, 1.165) is 12.8 Å². The van der Waals surface area contributed by atoms with E-state index in [9.17, 15) is 4.79 Å². The molecule has 0 spiro atoms. The van der Waals surface area contributed by atoms with Crippen LogP contribution in [0, 0.1) is 6.92 Å². The van der Waals surface area contributed by atoms with Crippen molar-refractivity contribution in [3.63, 3.8) is 0 Å². The van der Waals surface area contributed by atoms with Crippen molar-refractivity contribution in [2.45, 2.75) is 61.5 Å². The van der Waals surface area contributed by atoms with Crippen molar-refractivity contribution in [3.8, 4) is 0 Å². The minimum absolute atomic E-state index is 0.475. The van der Waals surface area contributed by atoms with Gasteiger partial charge in [-0.05, 0) is 31.0 Å². The third-order valence-corrected chi connectivity index (χ3v) is 8.15. The Kier molecular flexibility index (Phi) is 4.57. The van der Waals surface area contributed by atoms with Gasteiger partial charge in [0.05, 0.1) is 0 Å². The molecule has 3 heteroatoms. The predicted molar refractivity (Wildman–Crippen MR) is 86.8 cm³/mol. The molecule has 1 saturated carbocycles. The molecule has 0 heterocycles. The van der Waals surface area contributed by atoms with Crippen LogP contribution in [0.2, 0.25) is 25.2 Å². The zero-order valence-corrected chi connectivity index (χ0v) is 14.2. The lowest BCUT2D eigenvalue weighted by Crippen LogP contribution is -2.35. The van der Waals surface area contributed by atoms with Gasteiger partial charge in [0, 0.05) is 31.1 Å². The fraction of sp³-hybridized carbons (Fsp3) is 0.562. The van der Waals surface area contributed by atoms with Gasteiger partial charge in [-0.3, -0.25) is 4.79 Å². The first kappa shape index (κ1) is 14.9. The van der Waals surface area contributed by atoms with Crippen LogP contribution < -0.4 is 0 Å². The van der Waals surface area contributed by atoms with E-state index < -0.39 is 8.07 Å². The minimum Gasteiger partial charge on any atom is -0.300 e. The molecule has 1 fully saturated rings. The van der Waals surface area contributed by atoms with Crippen molar-refractivity contribution in [3.05, 3.63) is 29.8 Å². The normalized spacial score (nSPS) is 24.5. The van der Waals surface area contributed by atoms with Crippen molar-refractivity contribution in [2.75, 3.05) is 0 Å². The second-order valence-electron chi connectivity index (χ2n) is 6.80. The summed E-state index contributed by atoms with van der Waals surface area (Å²) in [7, 11) is -1.20. The third-order valence-electron chi connectivity index (χ3n) is 4.03. The molecule has 0 saturated heterocycles. The molecule has 0 unspecified atom stereocenters. The Labute approximate surface area is 122 Å². The summed E-state index contributed by atoms with van der Waals surface area (Å²) in [6, 6.07) is 8.68. The summed E-state index contributed by atoms with van der Waals surface area (Å²) in [6.07, 6.45) is 2.82. The van der Waals surface area contributed by atoms with Crippen LogP contribution in [0.4, 0.5) is 0 Å². The van der Waals surface area contributed by atoms with Crippen LogP contribution >= 0.6 is 11.8 Å². The molecule has 0 N–H and O–H groups in total. The lowest BCUT2D eigenvalue weighted by atomic mass is 9.98. The van der Waals surface area contributed by atoms with E-state index in [1.54, 1.807) is 0 Å². The molecule has 0 radical (unpaired) electrons. The average Bonchev–Trinajstić information content (AvgIpc) is 2.30. The molecule has 2 rings (SSSR count). The molecule has 104 valence electrons. The van der Waals surface area contributed by atoms with Crippen molar-refractivity contribution >= 4 is 25.6 Å². The number of carbonyl (C=O) groups excluding carboxylic acids is 1. The molecule has 0 bridgehead atoms. The van der Waals surface area contributed by atoms with Gasteiger partial charge in [-0.2, -0.15) is 0 Å². The maximum atomic E-state index is 12.0. The Bertz CT molecular complexity index is 447. The molecule has 19 heavy (non-hydrogen) atoms. The van der Waals surface area contributed by atoms with Crippen LogP contribution in [-0.2, 0) is 4.79 Å². The first-order chi connectivity index (χ1) is 8.84. The molecule has 2 atom stereocenters. The molecule has 0 amide bonds. The number of rotatable bonds is 3. The van der Waals surface area contributed by atoms with Crippen LogP contribution in [0.15, 0.2) is 29.2 Å². The highest BCUT2D eigenvalue weighted by Gasteiger charge is 2.35. The van der Waals surface area contributed by atoms with E-state index >= 15 is 0 Å². The third kappa shape index (κ3) is 4.21. The van der Waals surface area contributed by atoms with Crippen LogP contribution in [0.3, 0.4) is 0 Å². The average molecular weight is 293 g/mol. The van der Waals surface area contributed by atoms with E-state index in [-0.39, 0.29) is 0 Å². The zero-order valence-electron chi connectivity index (χ0n) is 12.4. The molecule has 1 aromatic rings. The molecule has 0 aromatic heterocycles. The minimum atomic E-state index is -1.20. The van der Waals surface area contributed by atoms with Gasteiger partial charge < -0.3 is 0 Å². The quantitative estimate of drug-likeness (QED) is 0.736. The van der Waals surface area contributed by atoms with Crippen molar-refractivity contribution in [1.82, 2.24) is 0 Å². The summed E-state index contributed by atoms with van der Waals surface area (Å²) < 4.78 is 0. The monoisotopic (exact) mass is 292 g/mol. The second kappa shape index (κ2) is 5.84. The lowest BCUT2D eigenvalue weighted by molar-refractivity contribution is -0.120. The van der Waals surface area contributed by atoms with Crippen molar-refractivity contribution < 1.29 is 4.79 Å². The van der Waals surface area contributed by atoms with E-state index in [1.807, 2.05) is 11.8 Å². The summed E-state index contributed by atoms with van der Waals surface area (Å²) in [4.78, 5) is 13.3. The fourth-order valence-corrected chi connectivity index (χ4v) is 5.93. The van der Waals surface area contributed by atoms with Gasteiger partial charge >= 0.3 is 0 Å². The summed E-state index contributed by atoms with van der Waals surface area (Å²) in [5.74, 6) is 0.475. The van der Waals surface area contributed by atoms with Gasteiger partial charge in [-0.1, -0.05) is 37.3 Å². The van der Waals surface area contributed by atoms with Crippen LogP contribution in [0.1, 0.15) is 24.8 Å². The Balaban J connectivity index is 2.04. The Morgan fingerprint density at radius 1 is 1.11 bits per heavy atom. The van der Waals surface area contributed by atoms with Crippen LogP contribution in [0.25, 0.3) is 0 Å². The van der Waals surface area contributed by atoms with Gasteiger partial charge in [0.15, 0.2) is 0 Å². The smallest absolute Gasteiger partial charge is 0.134 e. The lowest BCUT2D eigenvalue weighted by Gasteiger charge is -2.35. The molecule has 1 aliphatic carbocycles. The van der Waals surface area contributed by atoms with Crippen molar-refractivity contribution in [2.24, 2.45) is 0 Å². The molecular weight excluding hydrogens is 268 g/mol. The number of thioether (sulfide) groups is 1. The summed E-state index contributed by atoms with van der Waals surface area (Å²) in [6.45, 7) is 9.29. The Hall–Kier alpha value is -0.543. The van der Waals surface area contributed by atoms with Gasteiger partial charge in [0.1, 0.15) is 5.78 Å². The molecular formula is C16H24OSSi. The van der Waals surface area contributed by atoms with E-state index in [0.29, 0.717) is 16.6 Å². The standard InChI is InChI=1S/C16H24OSSi/c1-12-5-7-14(8-6-12)18-15-9-13(17)10-16(11-15)19(2,3)4/h5-8,15-16H,9-11H2,1-4H3/t15-,16-/m1/s1. The highest BCUT2D eigenvalue weighted by molar-refractivity contribution is 8.00. The zero-order chi connectivity index (χ0) is 14.0. The first-order valence-corrected chi connectivity index (χ1v) is 11.6. The number of hydrogen-bond donors (Lipinski definition) is 0. The maximum absolute atomic E-state index is 12.0. The molecule has 1 nitrogen and oxygen atoms in total. The predicted octanol–water partition coefficient (Wildman–Crippen LogP) is 4.92. The number of carbonyl (C=O) groups is 1. The van der Waals surface area contributed by atoms with Gasteiger partial charge in [-0.25, -0.2) is 0 Å². The summed E-state index contributed by atoms with van der Waals surface area (Å²) in [5.41, 5.74) is 1.96. The number of ketones is 1. The van der Waals surface area contributed by atoms with Crippen LogP contribution in [-0.4, -0.2) is 19.1 Å². The molecule has 0 aliphatic heterocycles. The second-order valence-corrected chi connectivity index (χ2v) is 13.7. The number of hydrogen-bond acceptors (Lipinski definition) is 2. The van der Waals surface area contributed by atoms with Crippen molar-refractivity contribution in [1.29, 1.82) is 0 Å². The highest BCUT2D eigenvalue weighted by atomic mass is 32.2. The van der Waals surface area contributed by atoms with Gasteiger partial charge in [0.25, 0.3) is 0 Å². The van der Waals surface area contributed by atoms with Gasteiger partial charge in [-0.15, -0.1) is 11.8 Å². The summed E-state index contributed by atoms with van der Waals surface area (Å²) >= 11 is 1.90. The molecule has 1 aromatic carbocycles. The fourth-order valence-electron chi connectivity index (χ4n) is 2.65. The van der Waals surface area contributed by atoms with Crippen LogP contribution in [0.5, 0.6) is 0 Å². The SMILES string of the molecule is Cc1ccc(S[C@@H]2CC(=O)C[C@@H]([Si](C)(C)C)C2)cc1. The largest absolute Gasteiger partial charge is 0.300 e. The Morgan fingerprint density at radius 2 is 1.74 bits per heavy atom. The summed E-state index contributed by atoms with van der Waals surface area (Å²) in [5, 5.41) is 0.487. The van der Waals surface area contributed by atoms with Gasteiger partial charge in [0.2, 0.25) is 0 Å². The highest BCUT2D eigenvalue weighted by Crippen LogP contribution is 2.41. The number of Topliss-reactive ketones (excluding diaryl/α,β-unsaturated/α-hetero) is 1.